The van der Waals surface area contributed by atoms with Crippen LogP contribution in [0.15, 0.2) is 46.2 Å². The van der Waals surface area contributed by atoms with Crippen LogP contribution in [-0.4, -0.2) is 32.2 Å². The average Bonchev–Trinajstić information content (AvgIpc) is 3.26. The summed E-state index contributed by atoms with van der Waals surface area (Å²) in [7, 11) is 1.84. The van der Waals surface area contributed by atoms with Crippen LogP contribution in [0.1, 0.15) is 28.8 Å². The first-order valence-electron chi connectivity index (χ1n) is 8.64. The van der Waals surface area contributed by atoms with E-state index in [0.29, 0.717) is 28.7 Å². The Hall–Kier alpha value is -2.87. The van der Waals surface area contributed by atoms with Crippen molar-refractivity contribution in [2.75, 3.05) is 11.1 Å². The second-order valence-electron chi connectivity index (χ2n) is 6.33. The number of thioether (sulfide) groups is 1. The number of amides is 1. The van der Waals surface area contributed by atoms with E-state index >= 15 is 0 Å². The van der Waals surface area contributed by atoms with Gasteiger partial charge in [-0.25, -0.2) is 0 Å². The van der Waals surface area contributed by atoms with Gasteiger partial charge in [0.25, 0.3) is 0 Å². The third-order valence-electron chi connectivity index (χ3n) is 4.46. The molecule has 4 rings (SSSR count). The van der Waals surface area contributed by atoms with Crippen molar-refractivity contribution in [1.82, 2.24) is 14.8 Å². The monoisotopic (exact) mass is 382 g/mol. The van der Waals surface area contributed by atoms with Gasteiger partial charge in [-0.15, -0.1) is 10.2 Å². The minimum absolute atomic E-state index is 0.0147. The lowest BCUT2D eigenvalue weighted by Crippen LogP contribution is -2.10. The Kier molecular flexibility index (Phi) is 4.81. The average molecular weight is 382 g/mol. The molecule has 7 nitrogen and oxygen atoms in total. The van der Waals surface area contributed by atoms with Crippen molar-refractivity contribution in [2.24, 2.45) is 7.05 Å². The van der Waals surface area contributed by atoms with Gasteiger partial charge >= 0.3 is 0 Å². The molecule has 27 heavy (non-hydrogen) atoms. The van der Waals surface area contributed by atoms with Gasteiger partial charge < -0.3 is 14.3 Å². The van der Waals surface area contributed by atoms with Crippen LogP contribution in [0.3, 0.4) is 0 Å². The van der Waals surface area contributed by atoms with Gasteiger partial charge in [0.15, 0.2) is 22.5 Å². The smallest absolute Gasteiger partial charge is 0.224 e. The number of anilines is 1. The summed E-state index contributed by atoms with van der Waals surface area (Å²) in [6.45, 7) is 0. The first-order chi connectivity index (χ1) is 13.1. The number of aromatic nitrogens is 3. The van der Waals surface area contributed by atoms with E-state index in [0.717, 1.165) is 24.1 Å². The quantitative estimate of drug-likeness (QED) is 0.538. The third-order valence-corrected chi connectivity index (χ3v) is 5.48. The van der Waals surface area contributed by atoms with E-state index < -0.39 is 0 Å². The summed E-state index contributed by atoms with van der Waals surface area (Å²) in [5.74, 6) is 1.56. The van der Waals surface area contributed by atoms with E-state index in [2.05, 4.69) is 15.5 Å². The van der Waals surface area contributed by atoms with Crippen LogP contribution in [0.2, 0.25) is 0 Å². The highest BCUT2D eigenvalue weighted by Gasteiger charge is 2.17. The van der Waals surface area contributed by atoms with E-state index in [1.54, 1.807) is 18.4 Å². The van der Waals surface area contributed by atoms with Crippen molar-refractivity contribution >= 4 is 29.1 Å². The Balaban J connectivity index is 1.46. The zero-order valence-electron chi connectivity index (χ0n) is 14.8. The summed E-state index contributed by atoms with van der Waals surface area (Å²) in [5.41, 5.74) is 2.46. The van der Waals surface area contributed by atoms with Crippen molar-refractivity contribution in [2.45, 2.75) is 24.4 Å². The van der Waals surface area contributed by atoms with Crippen LogP contribution in [0.4, 0.5) is 5.69 Å². The van der Waals surface area contributed by atoms with Crippen LogP contribution in [0.5, 0.6) is 0 Å². The highest BCUT2D eigenvalue weighted by atomic mass is 32.2. The number of benzene rings is 1. The van der Waals surface area contributed by atoms with Crippen LogP contribution in [-0.2, 0) is 18.3 Å². The molecule has 0 saturated heterocycles. The summed E-state index contributed by atoms with van der Waals surface area (Å²) in [5, 5.41) is 11.8. The molecule has 1 aromatic carbocycles. The number of nitrogens with zero attached hydrogens (tertiary/aromatic N) is 3. The summed E-state index contributed by atoms with van der Waals surface area (Å²) in [6, 6.07) is 9.07. The zero-order valence-corrected chi connectivity index (χ0v) is 15.6. The number of hydrogen-bond acceptors (Lipinski definition) is 6. The molecule has 1 aliphatic heterocycles. The maximum atomic E-state index is 12.6. The molecule has 0 fully saturated rings. The van der Waals surface area contributed by atoms with Gasteiger partial charge in [0, 0.05) is 24.7 Å². The SMILES string of the molecule is Cn1c(SCC(=O)c2ccc3c(c2)CCCC(=O)N3)nnc1-c1ccco1. The van der Waals surface area contributed by atoms with Crippen molar-refractivity contribution in [3.05, 3.63) is 47.7 Å². The Morgan fingerprint density at radius 2 is 2.19 bits per heavy atom. The second-order valence-corrected chi connectivity index (χ2v) is 7.27. The maximum Gasteiger partial charge on any atom is 0.224 e. The minimum Gasteiger partial charge on any atom is -0.461 e. The van der Waals surface area contributed by atoms with Gasteiger partial charge in [-0.2, -0.15) is 0 Å². The maximum absolute atomic E-state index is 12.6. The number of nitrogens with one attached hydrogen (secondary N) is 1. The lowest BCUT2D eigenvalue weighted by atomic mass is 10.0. The highest BCUT2D eigenvalue weighted by molar-refractivity contribution is 7.99. The van der Waals surface area contributed by atoms with Gasteiger partial charge in [-0.05, 0) is 48.7 Å². The van der Waals surface area contributed by atoms with Crippen LogP contribution < -0.4 is 5.32 Å². The summed E-state index contributed by atoms with van der Waals surface area (Å²) < 4.78 is 7.16. The lowest BCUT2D eigenvalue weighted by molar-refractivity contribution is -0.116. The molecule has 0 atom stereocenters. The highest BCUT2D eigenvalue weighted by Crippen LogP contribution is 2.26. The molecule has 0 aliphatic carbocycles. The standard InChI is InChI=1S/C19H18N4O3S/c1-23-18(16-5-3-9-26-16)21-22-19(23)27-11-15(24)13-7-8-14-12(10-13)4-2-6-17(25)20-14/h3,5,7-10H,2,4,6,11H2,1H3,(H,20,25). The predicted molar refractivity (Wildman–Crippen MR) is 102 cm³/mol. The van der Waals surface area contributed by atoms with Crippen molar-refractivity contribution in [3.63, 3.8) is 0 Å². The molecule has 0 saturated carbocycles. The van der Waals surface area contributed by atoms with Crippen LogP contribution in [0.25, 0.3) is 11.6 Å². The van der Waals surface area contributed by atoms with E-state index in [9.17, 15) is 9.59 Å². The van der Waals surface area contributed by atoms with E-state index in [4.69, 9.17) is 4.42 Å². The molecule has 8 heteroatoms. The Labute approximate surface area is 160 Å². The Morgan fingerprint density at radius 1 is 1.30 bits per heavy atom. The number of rotatable bonds is 5. The van der Waals surface area contributed by atoms with Gasteiger partial charge in [0.1, 0.15) is 0 Å². The van der Waals surface area contributed by atoms with Crippen LogP contribution >= 0.6 is 11.8 Å². The first kappa shape index (κ1) is 17.5. The number of fused-ring (bicyclic) bond motifs is 1. The fraction of sp³-hybridized carbons (Fsp3) is 0.263. The summed E-state index contributed by atoms with van der Waals surface area (Å²) in [6.07, 6.45) is 3.68. The molecule has 0 radical (unpaired) electrons. The van der Waals surface area contributed by atoms with E-state index in [1.807, 2.05) is 29.8 Å². The van der Waals surface area contributed by atoms with Crippen molar-refractivity contribution in [3.8, 4) is 11.6 Å². The summed E-state index contributed by atoms with van der Waals surface area (Å²) in [4.78, 5) is 24.3. The molecule has 2 aromatic heterocycles. The largest absolute Gasteiger partial charge is 0.461 e. The Bertz CT molecular complexity index is 995. The molecule has 0 spiro atoms. The second kappa shape index (κ2) is 7.40. The predicted octanol–water partition coefficient (Wildman–Crippen LogP) is 3.32. The molecule has 0 bridgehead atoms. The molecular weight excluding hydrogens is 364 g/mol. The molecule has 3 aromatic rings. The van der Waals surface area contributed by atoms with Gasteiger partial charge in [-0.3, -0.25) is 9.59 Å². The molecule has 1 N–H and O–H groups in total. The summed E-state index contributed by atoms with van der Waals surface area (Å²) >= 11 is 1.34. The van der Waals surface area contributed by atoms with E-state index in [-0.39, 0.29) is 17.4 Å². The minimum atomic E-state index is 0.0147. The normalized spacial score (nSPS) is 13.7. The zero-order chi connectivity index (χ0) is 18.8. The number of hydrogen-bond donors (Lipinski definition) is 1. The molecule has 3 heterocycles. The number of carbonyl (C=O) groups is 2. The number of aryl methyl sites for hydroxylation is 1. The fourth-order valence-corrected chi connectivity index (χ4v) is 3.83. The van der Waals surface area contributed by atoms with Gasteiger partial charge in [0.05, 0.1) is 12.0 Å². The number of carbonyl (C=O) groups excluding carboxylic acids is 2. The van der Waals surface area contributed by atoms with Crippen molar-refractivity contribution < 1.29 is 14.0 Å². The number of Topliss-reactive ketones (excluding diaryl/α,β-unsaturated/α-hetero) is 1. The lowest BCUT2D eigenvalue weighted by Gasteiger charge is -2.09. The van der Waals surface area contributed by atoms with Gasteiger partial charge in [-0.1, -0.05) is 11.8 Å². The van der Waals surface area contributed by atoms with Gasteiger partial charge in [0.2, 0.25) is 5.91 Å². The molecule has 0 unspecified atom stereocenters. The van der Waals surface area contributed by atoms with E-state index in [1.165, 1.54) is 11.8 Å². The molecule has 1 aliphatic rings. The number of furan rings is 1. The van der Waals surface area contributed by atoms with Crippen molar-refractivity contribution in [1.29, 1.82) is 0 Å². The Morgan fingerprint density at radius 3 is 3.00 bits per heavy atom. The third kappa shape index (κ3) is 3.66. The topological polar surface area (TPSA) is 90.0 Å². The number of ketones is 1. The fourth-order valence-electron chi connectivity index (χ4n) is 3.02. The molecule has 1 amide bonds. The van der Waals surface area contributed by atoms with Crippen LogP contribution in [0, 0.1) is 0 Å². The first-order valence-corrected chi connectivity index (χ1v) is 9.62. The molecular formula is C19H18N4O3S. The molecule has 138 valence electrons.